The van der Waals surface area contributed by atoms with Crippen LogP contribution in [-0.4, -0.2) is 15.9 Å². The Labute approximate surface area is 103 Å². The number of hydrogen-bond acceptors (Lipinski definition) is 0. The average Bonchev–Trinajstić information content (AvgIpc) is 1.49. The summed E-state index contributed by atoms with van der Waals surface area (Å²) in [5.74, 6) is 0. The fraction of sp³-hybridized carbons (Fsp3) is 1.00. The van der Waals surface area contributed by atoms with E-state index in [0.29, 0.717) is 6.04 Å². The highest BCUT2D eigenvalue weighted by atomic mass is 35.7. The van der Waals surface area contributed by atoms with Gasteiger partial charge in [0.05, 0.1) is 0 Å². The first-order chi connectivity index (χ1) is 5.10. The van der Waals surface area contributed by atoms with Crippen molar-refractivity contribution < 1.29 is 0 Å². The summed E-state index contributed by atoms with van der Waals surface area (Å²) in [6.45, 7) is -0.402. The molecule has 12 heavy (non-hydrogen) atoms. The van der Waals surface area contributed by atoms with Crippen LogP contribution in [0.1, 0.15) is 6.42 Å². The first-order valence-electron chi connectivity index (χ1n) is 3.19. The van der Waals surface area contributed by atoms with Gasteiger partial charge in [0.15, 0.2) is 3.79 Å². The van der Waals surface area contributed by atoms with Gasteiger partial charge in [0.25, 0.3) is 0 Å². The van der Waals surface area contributed by atoms with Gasteiger partial charge in [0.1, 0.15) is 0 Å². The minimum absolute atomic E-state index is 0.265. The predicted octanol–water partition coefficient (Wildman–Crippen LogP) is 4.90. The molecular formula is C5H8Cl6Si. The van der Waals surface area contributed by atoms with E-state index in [1.165, 1.54) is 0 Å². The van der Waals surface area contributed by atoms with Gasteiger partial charge < -0.3 is 0 Å². The Bertz CT molecular complexity index is 120. The van der Waals surface area contributed by atoms with Crippen LogP contribution < -0.4 is 0 Å². The van der Waals surface area contributed by atoms with Gasteiger partial charge in [-0.15, -0.1) is 33.8 Å². The van der Waals surface area contributed by atoms with Gasteiger partial charge in [-0.25, -0.2) is 0 Å². The molecule has 0 aliphatic rings. The van der Waals surface area contributed by atoms with Crippen LogP contribution in [0, 0.1) is 0 Å². The smallest absolute Gasteiger partial charge is 0.146 e. The molecule has 0 fully saturated rings. The van der Waals surface area contributed by atoms with E-state index in [9.17, 15) is 0 Å². The summed E-state index contributed by atoms with van der Waals surface area (Å²) in [6.07, 6.45) is 0.265. The number of halogens is 6. The molecule has 0 aliphatic heterocycles. The third kappa shape index (κ3) is 10.0. The maximum absolute atomic E-state index is 5.86. The Hall–Kier alpha value is 1.96. The van der Waals surface area contributed by atoms with Gasteiger partial charge in [-0.2, -0.15) is 0 Å². The maximum Gasteiger partial charge on any atom is 0.249 e. The molecule has 7 heteroatoms. The van der Waals surface area contributed by atoms with Gasteiger partial charge in [0.2, 0.25) is 6.69 Å². The van der Waals surface area contributed by atoms with Crippen LogP contribution in [0.2, 0.25) is 12.6 Å². The number of rotatable bonds is 3. The van der Waals surface area contributed by atoms with Gasteiger partial charge in [-0.05, 0) is 12.6 Å². The van der Waals surface area contributed by atoms with Gasteiger partial charge in [0, 0.05) is 11.8 Å². The molecule has 1 unspecified atom stereocenters. The summed E-state index contributed by atoms with van der Waals surface area (Å²) in [7, 11) is 0. The van der Waals surface area contributed by atoms with Crippen molar-refractivity contribution in [2.45, 2.75) is 28.2 Å². The van der Waals surface area contributed by atoms with Gasteiger partial charge in [-0.3, -0.25) is 0 Å². The van der Waals surface area contributed by atoms with E-state index in [1.54, 1.807) is 6.55 Å². The van der Waals surface area contributed by atoms with Crippen LogP contribution in [0.15, 0.2) is 0 Å². The van der Waals surface area contributed by atoms with Crippen LogP contribution in [0.5, 0.6) is 0 Å². The van der Waals surface area contributed by atoms with Crippen molar-refractivity contribution in [1.29, 1.82) is 0 Å². The van der Waals surface area contributed by atoms with Crippen LogP contribution in [-0.2, 0) is 0 Å². The van der Waals surface area contributed by atoms with Gasteiger partial charge >= 0.3 is 0 Å². The highest BCUT2D eigenvalue weighted by Crippen LogP contribution is 2.36. The topological polar surface area (TPSA) is 0 Å². The second-order valence-corrected chi connectivity index (χ2v) is 14.0. The van der Waals surface area contributed by atoms with Crippen LogP contribution in [0.3, 0.4) is 0 Å². The van der Waals surface area contributed by atoms with Crippen molar-refractivity contribution in [2.75, 3.05) is 0 Å². The highest BCUT2D eigenvalue weighted by molar-refractivity contribution is 7.45. The molecule has 0 saturated carbocycles. The standard InChI is InChI=1S/C5H8Cl6Si/c1-12(10,11)3-4(6)2-5(7,8)9/h4H,2-3H2,1H3. The Morgan fingerprint density at radius 3 is 1.92 bits per heavy atom. The molecule has 0 rings (SSSR count). The van der Waals surface area contributed by atoms with Crippen LogP contribution in [0.25, 0.3) is 0 Å². The third-order valence-corrected chi connectivity index (χ3v) is 4.20. The largest absolute Gasteiger partial charge is 0.249 e. The molecule has 0 aromatic rings. The Morgan fingerprint density at radius 1 is 1.25 bits per heavy atom. The fourth-order valence-corrected chi connectivity index (χ4v) is 5.18. The lowest BCUT2D eigenvalue weighted by molar-refractivity contribution is 0.825. The van der Waals surface area contributed by atoms with Crippen molar-refractivity contribution in [3.63, 3.8) is 0 Å². The monoisotopic (exact) mass is 306 g/mol. The molecule has 0 N–H and O–H groups in total. The molecule has 0 heterocycles. The molecule has 0 aromatic heterocycles. The minimum atomic E-state index is -2.18. The zero-order valence-corrected chi connectivity index (χ0v) is 11.8. The lowest BCUT2D eigenvalue weighted by Gasteiger charge is -2.18. The lowest BCUT2D eigenvalue weighted by Crippen LogP contribution is -2.22. The first-order valence-corrected chi connectivity index (χ1v) is 9.49. The SMILES string of the molecule is C[Si](Cl)(Cl)CC(Cl)CC(Cl)(Cl)Cl. The summed E-state index contributed by atoms with van der Waals surface area (Å²) >= 11 is 34.2. The van der Waals surface area contributed by atoms with E-state index >= 15 is 0 Å². The van der Waals surface area contributed by atoms with Crippen molar-refractivity contribution in [2.24, 2.45) is 0 Å². The van der Waals surface area contributed by atoms with Crippen LogP contribution >= 0.6 is 68.6 Å². The molecule has 0 aromatic carbocycles. The highest BCUT2D eigenvalue weighted by Gasteiger charge is 2.30. The van der Waals surface area contributed by atoms with Crippen molar-refractivity contribution in [3.8, 4) is 0 Å². The Balaban J connectivity index is 3.83. The van der Waals surface area contributed by atoms with Crippen LogP contribution in [0.4, 0.5) is 0 Å². The minimum Gasteiger partial charge on any atom is -0.146 e. The van der Waals surface area contributed by atoms with E-state index in [1.807, 2.05) is 0 Å². The normalized spacial score (nSPS) is 16.2. The number of alkyl halides is 4. The van der Waals surface area contributed by atoms with E-state index in [0.717, 1.165) is 0 Å². The molecular weight excluding hydrogens is 301 g/mol. The summed E-state index contributed by atoms with van der Waals surface area (Å²) in [5.41, 5.74) is 0. The van der Waals surface area contributed by atoms with E-state index in [-0.39, 0.29) is 11.8 Å². The molecule has 0 nitrogen and oxygen atoms in total. The molecule has 0 saturated heterocycles. The summed E-state index contributed by atoms with van der Waals surface area (Å²) < 4.78 is -1.32. The summed E-state index contributed by atoms with van der Waals surface area (Å²) in [5, 5.41) is -0.274. The lowest BCUT2D eigenvalue weighted by atomic mass is 10.4. The average molecular weight is 309 g/mol. The zero-order valence-electron chi connectivity index (χ0n) is 6.26. The van der Waals surface area contributed by atoms with E-state index in [4.69, 9.17) is 68.6 Å². The summed E-state index contributed by atoms with van der Waals surface area (Å²) in [6, 6.07) is 0.519. The molecule has 0 spiro atoms. The van der Waals surface area contributed by atoms with Crippen molar-refractivity contribution in [3.05, 3.63) is 0 Å². The first kappa shape index (κ1) is 14.0. The molecule has 74 valence electrons. The van der Waals surface area contributed by atoms with Crippen molar-refractivity contribution >= 4 is 75.3 Å². The zero-order chi connectivity index (χ0) is 9.99. The molecule has 0 aliphatic carbocycles. The predicted molar refractivity (Wildman–Crippen MR) is 62.7 cm³/mol. The summed E-state index contributed by atoms with van der Waals surface area (Å²) in [4.78, 5) is 0. The van der Waals surface area contributed by atoms with Crippen molar-refractivity contribution in [1.82, 2.24) is 0 Å². The third-order valence-electron chi connectivity index (χ3n) is 1.03. The molecule has 0 amide bonds. The van der Waals surface area contributed by atoms with E-state index < -0.39 is 10.5 Å². The van der Waals surface area contributed by atoms with E-state index in [2.05, 4.69) is 0 Å². The molecule has 0 bridgehead atoms. The number of hydrogen-bond donors (Lipinski definition) is 0. The second-order valence-electron chi connectivity index (χ2n) is 2.69. The molecule has 0 radical (unpaired) electrons. The second kappa shape index (κ2) is 5.15. The molecule has 1 atom stereocenters. The Morgan fingerprint density at radius 2 is 1.67 bits per heavy atom. The quantitative estimate of drug-likeness (QED) is 0.395. The maximum atomic E-state index is 5.86. The fourth-order valence-electron chi connectivity index (χ4n) is 0.712. The Kier molecular flexibility index (Phi) is 6.00. The van der Waals surface area contributed by atoms with Gasteiger partial charge in [-0.1, -0.05) is 34.8 Å².